The molecule has 104 valence electrons. The molecule has 4 nitrogen and oxygen atoms in total. The molecule has 1 atom stereocenters. The first kappa shape index (κ1) is 15.7. The molecule has 0 radical (unpaired) electrons. The lowest BCUT2D eigenvalue weighted by atomic mass is 10.1. The van der Waals surface area contributed by atoms with Crippen molar-refractivity contribution in [2.24, 2.45) is 11.7 Å². The van der Waals surface area contributed by atoms with E-state index in [9.17, 15) is 4.79 Å². The zero-order valence-corrected chi connectivity index (χ0v) is 12.2. The fourth-order valence-corrected chi connectivity index (χ4v) is 2.42. The van der Waals surface area contributed by atoms with Gasteiger partial charge in [0.15, 0.2) is 0 Å². The number of carbonyl (C=O) groups is 1. The van der Waals surface area contributed by atoms with E-state index in [1.54, 1.807) is 18.4 Å². The summed E-state index contributed by atoms with van der Waals surface area (Å²) >= 11 is 1.59. The summed E-state index contributed by atoms with van der Waals surface area (Å²) in [7, 11) is 1.64. The van der Waals surface area contributed by atoms with Crippen molar-refractivity contribution in [2.75, 3.05) is 20.3 Å². The molecule has 1 aromatic heterocycles. The number of hydrogen-bond donors (Lipinski definition) is 2. The van der Waals surface area contributed by atoms with Crippen LogP contribution in [0, 0.1) is 17.8 Å². The van der Waals surface area contributed by atoms with Crippen LogP contribution in [0.2, 0.25) is 0 Å². The van der Waals surface area contributed by atoms with Gasteiger partial charge in [0, 0.05) is 30.6 Å². The third kappa shape index (κ3) is 5.88. The van der Waals surface area contributed by atoms with Gasteiger partial charge in [0.1, 0.15) is 0 Å². The molecule has 19 heavy (non-hydrogen) atoms. The molecule has 0 bridgehead atoms. The van der Waals surface area contributed by atoms with E-state index in [1.807, 2.05) is 18.4 Å². The number of ether oxygens (including phenoxy) is 1. The predicted octanol–water partition coefficient (Wildman–Crippen LogP) is 1.35. The highest BCUT2D eigenvalue weighted by molar-refractivity contribution is 7.10. The lowest BCUT2D eigenvalue weighted by molar-refractivity contribution is -0.122. The highest BCUT2D eigenvalue weighted by Gasteiger charge is 2.09. The predicted molar refractivity (Wildman–Crippen MR) is 77.8 cm³/mol. The Morgan fingerprint density at radius 2 is 2.42 bits per heavy atom. The van der Waals surface area contributed by atoms with Crippen LogP contribution in [0.3, 0.4) is 0 Å². The molecular weight excluding hydrogens is 260 g/mol. The van der Waals surface area contributed by atoms with Gasteiger partial charge in [-0.2, -0.15) is 0 Å². The van der Waals surface area contributed by atoms with Crippen LogP contribution in [0.1, 0.15) is 23.8 Å². The van der Waals surface area contributed by atoms with Gasteiger partial charge in [-0.05, 0) is 17.4 Å². The molecule has 0 fully saturated rings. The summed E-state index contributed by atoms with van der Waals surface area (Å²) in [6, 6.07) is 1.95. The van der Waals surface area contributed by atoms with E-state index in [2.05, 4.69) is 17.2 Å². The molecular formula is C14H20N2O2S. The number of thiophene rings is 1. The monoisotopic (exact) mass is 280 g/mol. The maximum absolute atomic E-state index is 11.7. The Morgan fingerprint density at radius 1 is 1.63 bits per heavy atom. The Kier molecular flexibility index (Phi) is 7.19. The van der Waals surface area contributed by atoms with Gasteiger partial charge in [0.05, 0.1) is 13.1 Å². The van der Waals surface area contributed by atoms with Crippen molar-refractivity contribution < 1.29 is 9.53 Å². The van der Waals surface area contributed by atoms with Gasteiger partial charge in [-0.1, -0.05) is 18.8 Å². The third-order valence-corrected chi connectivity index (χ3v) is 3.42. The minimum atomic E-state index is 0.0377. The Morgan fingerprint density at radius 3 is 3.11 bits per heavy atom. The lowest BCUT2D eigenvalue weighted by Crippen LogP contribution is -2.25. The van der Waals surface area contributed by atoms with Crippen LogP contribution in [-0.2, 0) is 16.1 Å². The highest BCUT2D eigenvalue weighted by atomic mass is 32.1. The molecule has 1 aromatic rings. The van der Waals surface area contributed by atoms with E-state index in [-0.39, 0.29) is 11.8 Å². The normalized spacial score (nSPS) is 11.5. The highest BCUT2D eigenvalue weighted by Crippen LogP contribution is 2.15. The van der Waals surface area contributed by atoms with E-state index in [4.69, 9.17) is 10.5 Å². The molecule has 0 spiro atoms. The topological polar surface area (TPSA) is 64.3 Å². The quantitative estimate of drug-likeness (QED) is 0.773. The fraction of sp³-hybridized carbons (Fsp3) is 0.500. The zero-order valence-electron chi connectivity index (χ0n) is 11.4. The number of amides is 1. The van der Waals surface area contributed by atoms with Gasteiger partial charge in [-0.15, -0.1) is 11.3 Å². The maximum Gasteiger partial charge on any atom is 0.220 e. The maximum atomic E-state index is 11.7. The Bertz CT molecular complexity index is 460. The van der Waals surface area contributed by atoms with Crippen LogP contribution in [0.15, 0.2) is 11.4 Å². The summed E-state index contributed by atoms with van der Waals surface area (Å²) in [6.07, 6.45) is 0.475. The Labute approximate surface area is 118 Å². The Hall–Kier alpha value is -1.35. The number of hydrogen-bond acceptors (Lipinski definition) is 4. The van der Waals surface area contributed by atoms with Crippen LogP contribution in [0.5, 0.6) is 0 Å². The second kappa shape index (κ2) is 8.70. The van der Waals surface area contributed by atoms with Crippen LogP contribution >= 0.6 is 11.3 Å². The molecule has 0 saturated carbocycles. The van der Waals surface area contributed by atoms with E-state index >= 15 is 0 Å². The second-order valence-electron chi connectivity index (χ2n) is 4.30. The van der Waals surface area contributed by atoms with Crippen molar-refractivity contribution >= 4 is 17.2 Å². The molecule has 0 aliphatic heterocycles. The summed E-state index contributed by atoms with van der Waals surface area (Å²) < 4.78 is 5.01. The first-order valence-electron chi connectivity index (χ1n) is 6.18. The summed E-state index contributed by atoms with van der Waals surface area (Å²) in [4.78, 5) is 12.8. The molecule has 0 aliphatic carbocycles. The van der Waals surface area contributed by atoms with Gasteiger partial charge in [0.25, 0.3) is 0 Å². The largest absolute Gasteiger partial charge is 0.384 e. The average molecular weight is 280 g/mol. The van der Waals surface area contributed by atoms with Crippen LogP contribution < -0.4 is 11.1 Å². The second-order valence-corrected chi connectivity index (χ2v) is 5.31. The Balaban J connectivity index is 2.44. The minimum Gasteiger partial charge on any atom is -0.384 e. The van der Waals surface area contributed by atoms with Crippen molar-refractivity contribution in [2.45, 2.75) is 19.9 Å². The van der Waals surface area contributed by atoms with Crippen molar-refractivity contribution in [1.82, 2.24) is 5.32 Å². The van der Waals surface area contributed by atoms with Crippen molar-refractivity contribution in [3.63, 3.8) is 0 Å². The zero-order chi connectivity index (χ0) is 14.1. The number of rotatable bonds is 6. The molecule has 0 saturated heterocycles. The van der Waals surface area contributed by atoms with Crippen LogP contribution in [0.4, 0.5) is 0 Å². The third-order valence-electron chi connectivity index (χ3n) is 2.50. The van der Waals surface area contributed by atoms with Crippen LogP contribution in [-0.4, -0.2) is 26.2 Å². The standard InChI is InChI=1S/C14H20N2O2S/c1-11(10-18-2)8-14(17)16-9-13-12(4-3-6-15)5-7-19-13/h5,7,11H,6,8-10,15H2,1-2H3,(H,16,17). The van der Waals surface area contributed by atoms with Gasteiger partial charge >= 0.3 is 0 Å². The van der Waals surface area contributed by atoms with Crippen LogP contribution in [0.25, 0.3) is 0 Å². The van der Waals surface area contributed by atoms with Crippen molar-refractivity contribution in [1.29, 1.82) is 0 Å². The van der Waals surface area contributed by atoms with Gasteiger partial charge in [0.2, 0.25) is 5.91 Å². The number of nitrogens with two attached hydrogens (primary N) is 1. The molecule has 3 N–H and O–H groups in total. The minimum absolute atomic E-state index is 0.0377. The number of nitrogens with one attached hydrogen (secondary N) is 1. The van der Waals surface area contributed by atoms with Gasteiger partial charge in [-0.3, -0.25) is 4.79 Å². The average Bonchev–Trinajstić information content (AvgIpc) is 2.81. The van der Waals surface area contributed by atoms with E-state index in [0.717, 1.165) is 10.4 Å². The molecule has 1 unspecified atom stereocenters. The molecule has 1 heterocycles. The fourth-order valence-electron chi connectivity index (χ4n) is 1.65. The summed E-state index contributed by atoms with van der Waals surface area (Å²) in [6.45, 7) is 3.45. The summed E-state index contributed by atoms with van der Waals surface area (Å²) in [5.41, 5.74) is 6.29. The van der Waals surface area contributed by atoms with Gasteiger partial charge < -0.3 is 15.8 Å². The summed E-state index contributed by atoms with van der Waals surface area (Å²) in [5.74, 6) is 6.09. The smallest absolute Gasteiger partial charge is 0.220 e. The van der Waals surface area contributed by atoms with Crippen molar-refractivity contribution in [3.05, 3.63) is 21.9 Å². The summed E-state index contributed by atoms with van der Waals surface area (Å²) in [5, 5.41) is 4.88. The molecule has 1 amide bonds. The molecule has 0 aromatic carbocycles. The van der Waals surface area contributed by atoms with E-state index in [1.165, 1.54) is 0 Å². The lowest BCUT2D eigenvalue weighted by Gasteiger charge is -2.10. The molecule has 1 rings (SSSR count). The van der Waals surface area contributed by atoms with Crippen molar-refractivity contribution in [3.8, 4) is 11.8 Å². The number of methoxy groups -OCH3 is 1. The van der Waals surface area contributed by atoms with E-state index in [0.29, 0.717) is 26.1 Å². The van der Waals surface area contributed by atoms with E-state index < -0.39 is 0 Å². The number of carbonyl (C=O) groups excluding carboxylic acids is 1. The molecule has 0 aliphatic rings. The molecule has 5 heteroatoms. The SMILES string of the molecule is COCC(C)CC(=O)NCc1sccc1C#CCN. The first-order chi connectivity index (χ1) is 9.17. The first-order valence-corrected chi connectivity index (χ1v) is 7.06. The van der Waals surface area contributed by atoms with Gasteiger partial charge in [-0.25, -0.2) is 0 Å².